The lowest BCUT2D eigenvalue weighted by Gasteiger charge is -2.31. The Hall–Kier alpha value is -1.13. The van der Waals surface area contributed by atoms with E-state index >= 15 is 0 Å². The van der Waals surface area contributed by atoms with Gasteiger partial charge in [-0.05, 0) is 82.3 Å². The van der Waals surface area contributed by atoms with Gasteiger partial charge in [0.25, 0.3) is 0 Å². The van der Waals surface area contributed by atoms with E-state index in [1.165, 1.54) is 25.9 Å². The van der Waals surface area contributed by atoms with Crippen LogP contribution >= 0.6 is 24.0 Å². The second-order valence-electron chi connectivity index (χ2n) is 9.00. The molecule has 0 atom stereocenters. The maximum atomic E-state index is 14.7. The summed E-state index contributed by atoms with van der Waals surface area (Å²) in [6.07, 6.45) is 4.85. The van der Waals surface area contributed by atoms with Crippen molar-refractivity contribution in [1.82, 2.24) is 15.5 Å². The maximum Gasteiger partial charge on any atom is 0.191 e. The van der Waals surface area contributed by atoms with Gasteiger partial charge in [-0.15, -0.1) is 24.0 Å². The van der Waals surface area contributed by atoms with Crippen LogP contribution in [0.2, 0.25) is 0 Å². The quantitative estimate of drug-likeness (QED) is 0.196. The second-order valence-corrected chi connectivity index (χ2v) is 9.00. The number of guanidine groups is 1. The molecule has 0 spiro atoms. The minimum absolute atomic E-state index is 0. The van der Waals surface area contributed by atoms with Crippen molar-refractivity contribution in [3.8, 4) is 0 Å². The zero-order valence-electron chi connectivity index (χ0n) is 19.7. The van der Waals surface area contributed by atoms with Crippen molar-refractivity contribution in [2.24, 2.45) is 10.9 Å². The first-order chi connectivity index (χ1) is 15.0. The van der Waals surface area contributed by atoms with Gasteiger partial charge in [0.2, 0.25) is 0 Å². The van der Waals surface area contributed by atoms with Gasteiger partial charge in [0.05, 0.1) is 18.3 Å². The van der Waals surface area contributed by atoms with E-state index in [0.717, 1.165) is 43.5 Å². The van der Waals surface area contributed by atoms with Crippen LogP contribution in [0.5, 0.6) is 0 Å². The lowest BCUT2D eigenvalue weighted by molar-refractivity contribution is 0.145. The molecule has 2 saturated heterocycles. The molecule has 0 amide bonds. The highest BCUT2D eigenvalue weighted by molar-refractivity contribution is 14.0. The number of hydrogen-bond donors (Lipinski definition) is 3. The number of halogens is 2. The van der Waals surface area contributed by atoms with Gasteiger partial charge >= 0.3 is 0 Å². The minimum Gasteiger partial charge on any atom is -0.393 e. The molecule has 2 aliphatic heterocycles. The molecule has 0 aromatic heterocycles. The van der Waals surface area contributed by atoms with Gasteiger partial charge in [-0.1, -0.05) is 13.0 Å². The average Bonchev–Trinajstić information content (AvgIpc) is 2.77. The highest BCUT2D eigenvalue weighted by Crippen LogP contribution is 2.24. The number of benzene rings is 1. The number of nitrogens with zero attached hydrogens (tertiary/aromatic N) is 3. The van der Waals surface area contributed by atoms with Crippen LogP contribution in [0.3, 0.4) is 0 Å². The first-order valence-corrected chi connectivity index (χ1v) is 12.0. The summed E-state index contributed by atoms with van der Waals surface area (Å²) in [6, 6.07) is 5.39. The SMILES string of the molecule is CCNC(=NCc1ccc(N2CCC(O)CC2)c(F)c1)NCCCN1CCC(C)CC1.I. The van der Waals surface area contributed by atoms with Crippen molar-refractivity contribution in [3.05, 3.63) is 29.6 Å². The molecule has 2 aliphatic rings. The van der Waals surface area contributed by atoms with Gasteiger partial charge in [0, 0.05) is 26.2 Å². The number of likely N-dealkylation sites (tertiary alicyclic amines) is 1. The predicted molar refractivity (Wildman–Crippen MR) is 142 cm³/mol. The van der Waals surface area contributed by atoms with E-state index in [-0.39, 0.29) is 35.9 Å². The van der Waals surface area contributed by atoms with E-state index in [4.69, 9.17) is 0 Å². The summed E-state index contributed by atoms with van der Waals surface area (Å²) in [5.41, 5.74) is 1.48. The summed E-state index contributed by atoms with van der Waals surface area (Å²) in [4.78, 5) is 9.21. The van der Waals surface area contributed by atoms with Crippen LogP contribution in [0.25, 0.3) is 0 Å². The Kier molecular flexibility index (Phi) is 12.0. The van der Waals surface area contributed by atoms with Crippen molar-refractivity contribution >= 4 is 35.6 Å². The van der Waals surface area contributed by atoms with Crippen LogP contribution in [-0.4, -0.2) is 67.9 Å². The fraction of sp³-hybridized carbons (Fsp3) is 0.708. The summed E-state index contributed by atoms with van der Waals surface area (Å²) in [6.45, 7) is 11.5. The molecule has 1 aromatic rings. The Balaban J connectivity index is 0.00000363. The van der Waals surface area contributed by atoms with Crippen molar-refractivity contribution < 1.29 is 9.50 Å². The van der Waals surface area contributed by atoms with Crippen molar-refractivity contribution in [2.75, 3.05) is 50.7 Å². The summed E-state index contributed by atoms with van der Waals surface area (Å²) in [5, 5.41) is 16.3. The van der Waals surface area contributed by atoms with Crippen molar-refractivity contribution in [1.29, 1.82) is 0 Å². The van der Waals surface area contributed by atoms with Gasteiger partial charge < -0.3 is 25.5 Å². The van der Waals surface area contributed by atoms with E-state index in [2.05, 4.69) is 34.4 Å². The lowest BCUT2D eigenvalue weighted by Crippen LogP contribution is -2.39. The molecule has 3 rings (SSSR count). The summed E-state index contributed by atoms with van der Waals surface area (Å²) in [5.74, 6) is 1.44. The molecule has 0 aliphatic carbocycles. The summed E-state index contributed by atoms with van der Waals surface area (Å²) < 4.78 is 14.7. The van der Waals surface area contributed by atoms with Gasteiger partial charge in [0.15, 0.2) is 5.96 Å². The molecular weight excluding hydrogens is 520 g/mol. The molecule has 2 fully saturated rings. The van der Waals surface area contributed by atoms with Gasteiger partial charge in [-0.3, -0.25) is 0 Å². The Morgan fingerprint density at radius 3 is 2.50 bits per heavy atom. The monoisotopic (exact) mass is 561 g/mol. The Bertz CT molecular complexity index is 704. The summed E-state index contributed by atoms with van der Waals surface area (Å²) in [7, 11) is 0. The molecule has 182 valence electrons. The lowest BCUT2D eigenvalue weighted by atomic mass is 9.99. The number of rotatable bonds is 8. The number of nitrogens with one attached hydrogen (secondary N) is 2. The Morgan fingerprint density at radius 1 is 1.12 bits per heavy atom. The fourth-order valence-corrected chi connectivity index (χ4v) is 4.32. The largest absolute Gasteiger partial charge is 0.393 e. The number of aliphatic hydroxyl groups is 1. The number of aliphatic hydroxyl groups excluding tert-OH is 1. The average molecular weight is 562 g/mol. The van der Waals surface area contributed by atoms with Crippen LogP contribution < -0.4 is 15.5 Å². The molecule has 3 N–H and O–H groups in total. The van der Waals surface area contributed by atoms with Crippen LogP contribution in [0.15, 0.2) is 23.2 Å². The first-order valence-electron chi connectivity index (χ1n) is 12.0. The van der Waals surface area contributed by atoms with Crippen LogP contribution in [0, 0.1) is 11.7 Å². The topological polar surface area (TPSA) is 63.1 Å². The molecule has 0 radical (unpaired) electrons. The standard InChI is InChI=1S/C24H40FN5O.HI/c1-3-26-24(27-11-4-12-29-13-7-19(2)8-14-29)28-18-20-5-6-23(22(25)17-20)30-15-9-21(31)10-16-30;/h5-6,17,19,21,31H,3-4,7-16,18H2,1-2H3,(H2,26,27,28);1H. The molecule has 2 heterocycles. The highest BCUT2D eigenvalue weighted by atomic mass is 127. The van der Waals surface area contributed by atoms with Crippen molar-refractivity contribution in [3.63, 3.8) is 0 Å². The molecule has 0 unspecified atom stereocenters. The normalized spacial score (nSPS) is 19.0. The zero-order valence-corrected chi connectivity index (χ0v) is 22.0. The first kappa shape index (κ1) is 27.1. The Morgan fingerprint density at radius 2 is 1.84 bits per heavy atom. The molecule has 0 saturated carbocycles. The zero-order chi connectivity index (χ0) is 22.1. The van der Waals surface area contributed by atoms with Crippen LogP contribution in [0.4, 0.5) is 10.1 Å². The summed E-state index contributed by atoms with van der Waals surface area (Å²) >= 11 is 0. The third-order valence-corrected chi connectivity index (χ3v) is 6.40. The van der Waals surface area contributed by atoms with E-state index < -0.39 is 0 Å². The van der Waals surface area contributed by atoms with Gasteiger partial charge in [-0.25, -0.2) is 9.38 Å². The molecule has 1 aromatic carbocycles. The minimum atomic E-state index is -0.256. The third kappa shape index (κ3) is 8.67. The second kappa shape index (κ2) is 14.2. The highest BCUT2D eigenvalue weighted by Gasteiger charge is 2.19. The molecule has 32 heavy (non-hydrogen) atoms. The predicted octanol–water partition coefficient (Wildman–Crippen LogP) is 3.58. The van der Waals surface area contributed by atoms with Crippen LogP contribution in [-0.2, 0) is 6.54 Å². The molecular formula is C24H41FIN5O. The number of piperidine rings is 2. The van der Waals surface area contributed by atoms with Gasteiger partial charge in [-0.2, -0.15) is 0 Å². The Labute approximate surface area is 210 Å². The van der Waals surface area contributed by atoms with Gasteiger partial charge in [0.1, 0.15) is 5.82 Å². The number of hydrogen-bond acceptors (Lipinski definition) is 4. The van der Waals surface area contributed by atoms with E-state index in [0.29, 0.717) is 38.2 Å². The fourth-order valence-electron chi connectivity index (χ4n) is 4.32. The smallest absolute Gasteiger partial charge is 0.191 e. The van der Waals surface area contributed by atoms with E-state index in [9.17, 15) is 9.50 Å². The van der Waals surface area contributed by atoms with E-state index in [1.807, 2.05) is 17.0 Å². The van der Waals surface area contributed by atoms with Crippen molar-refractivity contribution in [2.45, 2.75) is 58.6 Å². The third-order valence-electron chi connectivity index (χ3n) is 6.40. The maximum absolute atomic E-state index is 14.7. The number of anilines is 1. The molecule has 6 nitrogen and oxygen atoms in total. The molecule has 8 heteroatoms. The molecule has 0 bridgehead atoms. The number of aliphatic imine (C=N–C) groups is 1. The van der Waals surface area contributed by atoms with Crippen LogP contribution in [0.1, 0.15) is 51.5 Å². The van der Waals surface area contributed by atoms with E-state index in [1.54, 1.807) is 6.07 Å².